The van der Waals surface area contributed by atoms with Gasteiger partial charge >= 0.3 is 0 Å². The van der Waals surface area contributed by atoms with Gasteiger partial charge in [-0.2, -0.15) is 0 Å². The van der Waals surface area contributed by atoms with Gasteiger partial charge in [-0.05, 0) is 31.2 Å². The van der Waals surface area contributed by atoms with E-state index in [0.29, 0.717) is 17.4 Å². The van der Waals surface area contributed by atoms with Crippen molar-refractivity contribution < 1.29 is 8.81 Å². The van der Waals surface area contributed by atoms with Gasteiger partial charge in [0.15, 0.2) is 0 Å². The Morgan fingerprint density at radius 3 is 2.95 bits per heavy atom. The van der Waals surface area contributed by atoms with Crippen LogP contribution in [0, 0.1) is 5.82 Å². The van der Waals surface area contributed by atoms with Gasteiger partial charge in [0.05, 0.1) is 12.1 Å². The Morgan fingerprint density at radius 1 is 1.30 bits per heavy atom. The van der Waals surface area contributed by atoms with E-state index >= 15 is 0 Å². The van der Waals surface area contributed by atoms with Gasteiger partial charge < -0.3 is 9.73 Å². The molecule has 1 aliphatic rings. The zero-order chi connectivity index (χ0) is 13.9. The molecule has 2 heterocycles. The fourth-order valence-electron chi connectivity index (χ4n) is 2.64. The lowest BCUT2D eigenvalue weighted by Gasteiger charge is -2.31. The number of piperazine rings is 1. The number of benzene rings is 1. The lowest BCUT2D eigenvalue weighted by molar-refractivity contribution is 0.187. The van der Waals surface area contributed by atoms with Crippen molar-refractivity contribution in [2.24, 2.45) is 0 Å². The second-order valence-electron chi connectivity index (χ2n) is 5.34. The Kier molecular flexibility index (Phi) is 3.85. The molecule has 1 atom stereocenters. The van der Waals surface area contributed by atoms with Crippen LogP contribution in [-0.4, -0.2) is 30.6 Å². The van der Waals surface area contributed by atoms with E-state index in [1.165, 1.54) is 6.07 Å². The van der Waals surface area contributed by atoms with Crippen molar-refractivity contribution in [1.82, 2.24) is 10.2 Å². The van der Waals surface area contributed by atoms with Crippen LogP contribution in [0.15, 0.2) is 40.8 Å². The SMILES string of the molecule is C[C@@H]1CN(Cc2ccc(-c3ccccc3F)o2)CCN1. The number of furan rings is 1. The van der Waals surface area contributed by atoms with Gasteiger partial charge in [0.1, 0.15) is 17.3 Å². The molecule has 4 heteroatoms. The van der Waals surface area contributed by atoms with Gasteiger partial charge in [0.25, 0.3) is 0 Å². The second-order valence-corrected chi connectivity index (χ2v) is 5.34. The average Bonchev–Trinajstić information content (AvgIpc) is 2.87. The Bertz CT molecular complexity index is 581. The molecule has 0 aliphatic carbocycles. The van der Waals surface area contributed by atoms with E-state index in [4.69, 9.17) is 4.42 Å². The van der Waals surface area contributed by atoms with Crippen molar-refractivity contribution in [3.8, 4) is 11.3 Å². The third-order valence-electron chi connectivity index (χ3n) is 3.63. The van der Waals surface area contributed by atoms with Gasteiger partial charge in [-0.15, -0.1) is 0 Å². The molecule has 2 aromatic rings. The first kappa shape index (κ1) is 13.3. The van der Waals surface area contributed by atoms with E-state index in [9.17, 15) is 4.39 Å². The molecule has 1 aliphatic heterocycles. The summed E-state index contributed by atoms with van der Waals surface area (Å²) < 4.78 is 19.5. The highest BCUT2D eigenvalue weighted by atomic mass is 19.1. The maximum absolute atomic E-state index is 13.7. The van der Waals surface area contributed by atoms with Crippen LogP contribution in [0.3, 0.4) is 0 Å². The van der Waals surface area contributed by atoms with E-state index in [-0.39, 0.29) is 5.82 Å². The van der Waals surface area contributed by atoms with E-state index in [2.05, 4.69) is 17.1 Å². The molecule has 0 saturated carbocycles. The smallest absolute Gasteiger partial charge is 0.137 e. The summed E-state index contributed by atoms with van der Waals surface area (Å²) in [4.78, 5) is 2.35. The monoisotopic (exact) mass is 274 g/mol. The fourth-order valence-corrected chi connectivity index (χ4v) is 2.64. The maximum atomic E-state index is 13.7. The zero-order valence-electron chi connectivity index (χ0n) is 11.6. The van der Waals surface area contributed by atoms with Gasteiger partial charge in [-0.3, -0.25) is 4.90 Å². The van der Waals surface area contributed by atoms with E-state index in [0.717, 1.165) is 31.9 Å². The third kappa shape index (κ3) is 2.92. The second kappa shape index (κ2) is 5.77. The van der Waals surface area contributed by atoms with Crippen molar-refractivity contribution in [3.05, 3.63) is 48.0 Å². The van der Waals surface area contributed by atoms with Gasteiger partial charge in [0, 0.05) is 25.7 Å². The summed E-state index contributed by atoms with van der Waals surface area (Å²) in [6.07, 6.45) is 0. The van der Waals surface area contributed by atoms with Crippen molar-refractivity contribution >= 4 is 0 Å². The van der Waals surface area contributed by atoms with Crippen LogP contribution in [-0.2, 0) is 6.54 Å². The Hall–Kier alpha value is -1.65. The van der Waals surface area contributed by atoms with Crippen LogP contribution in [0.25, 0.3) is 11.3 Å². The number of nitrogens with one attached hydrogen (secondary N) is 1. The Morgan fingerprint density at radius 2 is 2.15 bits per heavy atom. The molecule has 3 nitrogen and oxygen atoms in total. The summed E-state index contributed by atoms with van der Waals surface area (Å²) in [5, 5.41) is 3.41. The van der Waals surface area contributed by atoms with Gasteiger partial charge in [-0.1, -0.05) is 12.1 Å². The zero-order valence-corrected chi connectivity index (χ0v) is 11.6. The fraction of sp³-hybridized carbons (Fsp3) is 0.375. The lowest BCUT2D eigenvalue weighted by Crippen LogP contribution is -2.48. The summed E-state index contributed by atoms with van der Waals surface area (Å²) in [6.45, 7) is 5.98. The normalized spacial score (nSPS) is 20.2. The molecule has 1 N–H and O–H groups in total. The number of rotatable bonds is 3. The number of hydrogen-bond acceptors (Lipinski definition) is 3. The lowest BCUT2D eigenvalue weighted by atomic mass is 10.1. The summed E-state index contributed by atoms with van der Waals surface area (Å²) in [5.41, 5.74) is 0.521. The van der Waals surface area contributed by atoms with E-state index in [1.54, 1.807) is 12.1 Å². The molecule has 0 bridgehead atoms. The third-order valence-corrected chi connectivity index (χ3v) is 3.63. The summed E-state index contributed by atoms with van der Waals surface area (Å²) in [5.74, 6) is 1.24. The van der Waals surface area contributed by atoms with Crippen LogP contribution in [0.5, 0.6) is 0 Å². The molecule has 1 aromatic carbocycles. The first-order chi connectivity index (χ1) is 9.72. The van der Waals surface area contributed by atoms with Crippen LogP contribution in [0.2, 0.25) is 0 Å². The molecule has 0 amide bonds. The summed E-state index contributed by atoms with van der Waals surface area (Å²) >= 11 is 0. The highest BCUT2D eigenvalue weighted by molar-refractivity contribution is 5.58. The first-order valence-electron chi connectivity index (χ1n) is 7.02. The Balaban J connectivity index is 1.72. The minimum Gasteiger partial charge on any atom is -0.460 e. The molecule has 0 radical (unpaired) electrons. The molecular formula is C16H19FN2O. The van der Waals surface area contributed by atoms with Crippen molar-refractivity contribution in [2.45, 2.75) is 19.5 Å². The quantitative estimate of drug-likeness (QED) is 0.933. The predicted octanol–water partition coefficient (Wildman–Crippen LogP) is 2.88. The minimum absolute atomic E-state index is 0.246. The highest BCUT2D eigenvalue weighted by Gasteiger charge is 2.17. The van der Waals surface area contributed by atoms with Crippen LogP contribution in [0.1, 0.15) is 12.7 Å². The highest BCUT2D eigenvalue weighted by Crippen LogP contribution is 2.25. The number of halogens is 1. The Labute approximate surface area is 118 Å². The minimum atomic E-state index is -0.246. The average molecular weight is 274 g/mol. The van der Waals surface area contributed by atoms with Crippen LogP contribution in [0.4, 0.5) is 4.39 Å². The largest absolute Gasteiger partial charge is 0.460 e. The molecule has 1 aromatic heterocycles. The van der Waals surface area contributed by atoms with Gasteiger partial charge in [0.2, 0.25) is 0 Å². The molecule has 3 rings (SSSR count). The van der Waals surface area contributed by atoms with Crippen molar-refractivity contribution in [2.75, 3.05) is 19.6 Å². The van der Waals surface area contributed by atoms with Crippen LogP contribution >= 0.6 is 0 Å². The number of nitrogens with zero attached hydrogens (tertiary/aromatic N) is 1. The predicted molar refractivity (Wildman–Crippen MR) is 76.8 cm³/mol. The number of hydrogen-bond donors (Lipinski definition) is 1. The summed E-state index contributed by atoms with van der Waals surface area (Å²) in [6, 6.07) is 11.0. The van der Waals surface area contributed by atoms with Crippen LogP contribution < -0.4 is 5.32 Å². The standard InChI is InChI=1S/C16H19FN2O/c1-12-10-19(9-8-18-12)11-13-6-7-16(20-13)14-4-2-3-5-15(14)17/h2-7,12,18H,8-11H2,1H3/t12-/m1/s1. The van der Waals surface area contributed by atoms with E-state index < -0.39 is 0 Å². The van der Waals surface area contributed by atoms with E-state index in [1.807, 2.05) is 18.2 Å². The first-order valence-corrected chi connectivity index (χ1v) is 7.02. The maximum Gasteiger partial charge on any atom is 0.137 e. The molecule has 1 fully saturated rings. The molecule has 0 unspecified atom stereocenters. The molecular weight excluding hydrogens is 255 g/mol. The van der Waals surface area contributed by atoms with Crippen molar-refractivity contribution in [1.29, 1.82) is 0 Å². The van der Waals surface area contributed by atoms with Crippen molar-refractivity contribution in [3.63, 3.8) is 0 Å². The summed E-state index contributed by atoms with van der Waals surface area (Å²) in [7, 11) is 0. The van der Waals surface area contributed by atoms with Gasteiger partial charge in [-0.25, -0.2) is 4.39 Å². The molecule has 0 spiro atoms. The molecule has 20 heavy (non-hydrogen) atoms. The topological polar surface area (TPSA) is 28.4 Å². The molecule has 1 saturated heterocycles. The molecule has 106 valence electrons.